The van der Waals surface area contributed by atoms with Gasteiger partial charge in [-0.3, -0.25) is 9.69 Å². The van der Waals surface area contributed by atoms with Crippen LogP contribution in [0.1, 0.15) is 41.8 Å². The quantitative estimate of drug-likeness (QED) is 0.598. The zero-order valence-corrected chi connectivity index (χ0v) is 17.5. The molecular formula is C22H28N6O2. The number of hydrogen-bond donors (Lipinski definition) is 0. The number of furan rings is 1. The maximum Gasteiger partial charge on any atom is 0.289 e. The molecule has 1 aromatic carbocycles. The fourth-order valence-electron chi connectivity index (χ4n) is 4.10. The number of piperazine rings is 1. The van der Waals surface area contributed by atoms with Gasteiger partial charge in [-0.2, -0.15) is 0 Å². The van der Waals surface area contributed by atoms with Gasteiger partial charge in [0.1, 0.15) is 0 Å². The molecule has 1 aliphatic rings. The molecule has 30 heavy (non-hydrogen) atoms. The van der Waals surface area contributed by atoms with E-state index in [2.05, 4.69) is 58.5 Å². The van der Waals surface area contributed by atoms with E-state index in [0.717, 1.165) is 31.9 Å². The summed E-state index contributed by atoms with van der Waals surface area (Å²) >= 11 is 0. The maximum absolute atomic E-state index is 12.6. The van der Waals surface area contributed by atoms with E-state index in [9.17, 15) is 4.79 Å². The predicted molar refractivity (Wildman–Crippen MR) is 112 cm³/mol. The highest BCUT2D eigenvalue weighted by atomic mass is 16.3. The number of nitrogens with zero attached hydrogens (tertiary/aromatic N) is 6. The number of carbonyl (C=O) groups is 1. The van der Waals surface area contributed by atoms with Crippen LogP contribution < -0.4 is 0 Å². The Kier molecular flexibility index (Phi) is 6.23. The van der Waals surface area contributed by atoms with Crippen molar-refractivity contribution in [3.05, 3.63) is 65.9 Å². The molecule has 8 nitrogen and oxygen atoms in total. The molecule has 1 aliphatic heterocycles. The fourth-order valence-corrected chi connectivity index (χ4v) is 4.10. The Balaban J connectivity index is 1.43. The van der Waals surface area contributed by atoms with Crippen molar-refractivity contribution in [3.63, 3.8) is 0 Å². The Morgan fingerprint density at radius 2 is 1.83 bits per heavy atom. The van der Waals surface area contributed by atoms with Crippen molar-refractivity contribution in [3.8, 4) is 0 Å². The number of hydrogen-bond acceptors (Lipinski definition) is 6. The van der Waals surface area contributed by atoms with Gasteiger partial charge in [0.15, 0.2) is 11.6 Å². The molecule has 1 amide bonds. The van der Waals surface area contributed by atoms with Crippen LogP contribution in [0.3, 0.4) is 0 Å². The van der Waals surface area contributed by atoms with E-state index in [4.69, 9.17) is 4.42 Å². The smallest absolute Gasteiger partial charge is 0.289 e. The Hall–Kier alpha value is -3.00. The van der Waals surface area contributed by atoms with Crippen LogP contribution in [0.5, 0.6) is 0 Å². The summed E-state index contributed by atoms with van der Waals surface area (Å²) in [5.74, 6) is 1.59. The standard InChI is InChI=1S/C22H28N6O2/c1-17(2)20(21-23-24-25-28(21)11-10-18-7-4-3-5-8-18)26-12-14-27(15-13-26)22(29)19-9-6-16-30-19/h3-9,16-17,20H,10-15H2,1-2H3/t20-/m1/s1. The van der Waals surface area contributed by atoms with E-state index >= 15 is 0 Å². The van der Waals surface area contributed by atoms with Gasteiger partial charge in [0, 0.05) is 32.7 Å². The largest absolute Gasteiger partial charge is 0.459 e. The lowest BCUT2D eigenvalue weighted by Gasteiger charge is -2.40. The zero-order chi connectivity index (χ0) is 20.9. The van der Waals surface area contributed by atoms with E-state index in [0.29, 0.717) is 24.8 Å². The average molecular weight is 409 g/mol. The Morgan fingerprint density at radius 1 is 1.07 bits per heavy atom. The second kappa shape index (κ2) is 9.21. The summed E-state index contributed by atoms with van der Waals surface area (Å²) in [6.45, 7) is 8.01. The van der Waals surface area contributed by atoms with Crippen LogP contribution >= 0.6 is 0 Å². The summed E-state index contributed by atoms with van der Waals surface area (Å²) in [7, 11) is 0. The number of tetrazole rings is 1. The Bertz CT molecular complexity index is 930. The van der Waals surface area contributed by atoms with Crippen molar-refractivity contribution in [2.75, 3.05) is 26.2 Å². The average Bonchev–Trinajstić information content (AvgIpc) is 3.46. The highest BCUT2D eigenvalue weighted by Gasteiger charge is 2.33. The molecular weight excluding hydrogens is 380 g/mol. The van der Waals surface area contributed by atoms with Gasteiger partial charge < -0.3 is 9.32 Å². The molecule has 4 rings (SSSR count). The highest BCUT2D eigenvalue weighted by Crippen LogP contribution is 2.28. The van der Waals surface area contributed by atoms with E-state index < -0.39 is 0 Å². The van der Waals surface area contributed by atoms with Gasteiger partial charge >= 0.3 is 0 Å². The van der Waals surface area contributed by atoms with Crippen molar-refractivity contribution in [2.24, 2.45) is 5.92 Å². The second-order valence-corrected chi connectivity index (χ2v) is 7.99. The molecule has 3 heterocycles. The molecule has 0 saturated carbocycles. The first-order valence-corrected chi connectivity index (χ1v) is 10.5. The minimum atomic E-state index is -0.0477. The van der Waals surface area contributed by atoms with Gasteiger partial charge in [-0.25, -0.2) is 4.68 Å². The molecule has 0 aliphatic carbocycles. The fraction of sp³-hybridized carbons (Fsp3) is 0.455. The summed E-state index contributed by atoms with van der Waals surface area (Å²) < 4.78 is 7.19. The second-order valence-electron chi connectivity index (χ2n) is 7.99. The monoisotopic (exact) mass is 408 g/mol. The van der Waals surface area contributed by atoms with Crippen LogP contribution in [-0.4, -0.2) is 62.1 Å². The summed E-state index contributed by atoms with van der Waals surface area (Å²) in [4.78, 5) is 16.8. The van der Waals surface area contributed by atoms with Crippen molar-refractivity contribution in [2.45, 2.75) is 32.9 Å². The predicted octanol–water partition coefficient (Wildman–Crippen LogP) is 2.66. The van der Waals surface area contributed by atoms with Gasteiger partial charge in [-0.15, -0.1) is 5.10 Å². The molecule has 0 spiro atoms. The van der Waals surface area contributed by atoms with Crippen molar-refractivity contribution in [1.82, 2.24) is 30.0 Å². The third kappa shape index (κ3) is 4.43. The van der Waals surface area contributed by atoms with Crippen LogP contribution in [-0.2, 0) is 13.0 Å². The first-order chi connectivity index (χ1) is 14.6. The SMILES string of the molecule is CC(C)[C@H](c1nnnn1CCc1ccccc1)N1CCN(C(=O)c2ccco2)CC1. The maximum atomic E-state index is 12.6. The summed E-state index contributed by atoms with van der Waals surface area (Å²) in [5, 5.41) is 12.6. The molecule has 8 heteroatoms. The van der Waals surface area contributed by atoms with Crippen LogP contribution in [0, 0.1) is 5.92 Å². The first kappa shape index (κ1) is 20.3. The molecule has 0 bridgehead atoms. The third-order valence-electron chi connectivity index (χ3n) is 5.64. The molecule has 3 aromatic rings. The summed E-state index contributed by atoms with van der Waals surface area (Å²) in [6, 6.07) is 13.9. The normalized spacial score (nSPS) is 16.2. The number of carbonyl (C=O) groups excluding carboxylic acids is 1. The lowest BCUT2D eigenvalue weighted by atomic mass is 10.0. The van der Waals surface area contributed by atoms with Crippen molar-refractivity contribution >= 4 is 5.91 Å². The Labute approximate surface area is 176 Å². The number of aromatic nitrogens is 4. The molecule has 0 N–H and O–H groups in total. The lowest BCUT2D eigenvalue weighted by molar-refractivity contribution is 0.0463. The zero-order valence-electron chi connectivity index (χ0n) is 17.5. The van der Waals surface area contributed by atoms with Crippen LogP contribution in [0.4, 0.5) is 0 Å². The molecule has 0 unspecified atom stereocenters. The molecule has 1 fully saturated rings. The van der Waals surface area contributed by atoms with Crippen molar-refractivity contribution in [1.29, 1.82) is 0 Å². The summed E-state index contributed by atoms with van der Waals surface area (Å²) in [6.07, 6.45) is 2.42. The van der Waals surface area contributed by atoms with Gasteiger partial charge in [-0.1, -0.05) is 44.2 Å². The minimum Gasteiger partial charge on any atom is -0.459 e. The van der Waals surface area contributed by atoms with Crippen molar-refractivity contribution < 1.29 is 9.21 Å². The molecule has 0 radical (unpaired) electrons. The minimum absolute atomic E-state index is 0.0477. The van der Waals surface area contributed by atoms with Gasteiger partial charge in [0.25, 0.3) is 5.91 Å². The van der Waals surface area contributed by atoms with Gasteiger partial charge in [0.05, 0.1) is 12.3 Å². The van der Waals surface area contributed by atoms with Crippen LogP contribution in [0.15, 0.2) is 53.1 Å². The lowest BCUT2D eigenvalue weighted by Crippen LogP contribution is -2.50. The molecule has 158 valence electrons. The van der Waals surface area contributed by atoms with E-state index in [1.807, 2.05) is 15.6 Å². The first-order valence-electron chi connectivity index (χ1n) is 10.5. The topological polar surface area (TPSA) is 80.3 Å². The molecule has 1 atom stereocenters. The highest BCUT2D eigenvalue weighted by molar-refractivity contribution is 5.91. The van der Waals surface area contributed by atoms with Crippen LogP contribution in [0.25, 0.3) is 0 Å². The van der Waals surface area contributed by atoms with E-state index in [-0.39, 0.29) is 11.9 Å². The van der Waals surface area contributed by atoms with Gasteiger partial charge in [-0.05, 0) is 40.5 Å². The van der Waals surface area contributed by atoms with E-state index in [1.54, 1.807) is 12.1 Å². The van der Waals surface area contributed by atoms with Gasteiger partial charge in [0.2, 0.25) is 0 Å². The third-order valence-corrected chi connectivity index (χ3v) is 5.64. The molecule has 1 saturated heterocycles. The number of amides is 1. The number of rotatable bonds is 7. The van der Waals surface area contributed by atoms with E-state index in [1.165, 1.54) is 11.8 Å². The number of benzene rings is 1. The molecule has 2 aromatic heterocycles. The Morgan fingerprint density at radius 3 is 2.50 bits per heavy atom. The number of aryl methyl sites for hydroxylation is 2. The van der Waals surface area contributed by atoms with Crippen LogP contribution in [0.2, 0.25) is 0 Å². The summed E-state index contributed by atoms with van der Waals surface area (Å²) in [5.41, 5.74) is 1.27.